The predicted molar refractivity (Wildman–Crippen MR) is 60.4 cm³/mol. The summed E-state index contributed by atoms with van der Waals surface area (Å²) in [7, 11) is 0. The molecule has 4 nitrogen and oxygen atoms in total. The highest BCUT2D eigenvalue weighted by Gasteiger charge is 2.23. The van der Waals surface area contributed by atoms with E-state index in [1.165, 1.54) is 0 Å². The van der Waals surface area contributed by atoms with Crippen molar-refractivity contribution in [1.82, 2.24) is 9.88 Å². The average molecular weight is 241 g/mol. The van der Waals surface area contributed by atoms with Gasteiger partial charge in [-0.15, -0.1) is 0 Å². The van der Waals surface area contributed by atoms with Crippen molar-refractivity contribution < 1.29 is 9.90 Å². The quantitative estimate of drug-likeness (QED) is 0.754. The third kappa shape index (κ3) is 2.51. The zero-order chi connectivity index (χ0) is 11.5. The Hall–Kier alpha value is -1.13. The summed E-state index contributed by atoms with van der Waals surface area (Å²) in [6.07, 6.45) is 1.16. The number of halogens is 1. The van der Waals surface area contributed by atoms with Crippen LogP contribution >= 0.6 is 11.6 Å². The largest absolute Gasteiger partial charge is 0.391 e. The molecule has 1 aliphatic heterocycles. The fourth-order valence-corrected chi connectivity index (χ4v) is 1.99. The van der Waals surface area contributed by atoms with Crippen LogP contribution in [-0.2, 0) is 0 Å². The molecular weight excluding hydrogens is 228 g/mol. The first kappa shape index (κ1) is 11.4. The van der Waals surface area contributed by atoms with Crippen LogP contribution in [0.1, 0.15) is 23.3 Å². The van der Waals surface area contributed by atoms with E-state index in [0.29, 0.717) is 23.9 Å². The highest BCUT2D eigenvalue weighted by atomic mass is 35.5. The smallest absolute Gasteiger partial charge is 0.272 e. The van der Waals surface area contributed by atoms with Gasteiger partial charge in [-0.2, -0.15) is 0 Å². The average Bonchev–Trinajstić information content (AvgIpc) is 2.28. The number of amides is 1. The van der Waals surface area contributed by atoms with E-state index in [-0.39, 0.29) is 5.91 Å². The highest BCUT2D eigenvalue weighted by Crippen LogP contribution is 2.14. The van der Waals surface area contributed by atoms with Crippen LogP contribution in [0, 0.1) is 0 Å². The minimum atomic E-state index is -0.420. The maximum atomic E-state index is 12.0. The van der Waals surface area contributed by atoms with Gasteiger partial charge in [0.1, 0.15) is 10.8 Å². The molecule has 1 aromatic rings. The third-order valence-corrected chi connectivity index (χ3v) is 2.83. The second kappa shape index (κ2) is 4.80. The minimum Gasteiger partial charge on any atom is -0.391 e. The van der Waals surface area contributed by atoms with E-state index in [0.717, 1.165) is 12.8 Å². The Morgan fingerprint density at radius 1 is 1.56 bits per heavy atom. The highest BCUT2D eigenvalue weighted by molar-refractivity contribution is 6.29. The maximum absolute atomic E-state index is 12.0. The number of aromatic nitrogens is 1. The molecule has 16 heavy (non-hydrogen) atoms. The molecule has 1 fully saturated rings. The van der Waals surface area contributed by atoms with Crippen LogP contribution in [0.2, 0.25) is 5.15 Å². The van der Waals surface area contributed by atoms with Crippen molar-refractivity contribution in [3.05, 3.63) is 29.0 Å². The summed E-state index contributed by atoms with van der Waals surface area (Å²) in [5.74, 6) is -0.166. The van der Waals surface area contributed by atoms with Crippen LogP contribution in [0.3, 0.4) is 0 Å². The molecule has 2 heterocycles. The number of β-amino-alcohol motifs (C(OH)–C–C–N with tert-alkyl or cyclic N) is 1. The van der Waals surface area contributed by atoms with Gasteiger partial charge in [0.15, 0.2) is 0 Å². The zero-order valence-corrected chi connectivity index (χ0v) is 9.52. The van der Waals surface area contributed by atoms with E-state index < -0.39 is 6.10 Å². The number of nitrogens with zero attached hydrogens (tertiary/aromatic N) is 2. The Bertz CT molecular complexity index is 397. The van der Waals surface area contributed by atoms with Gasteiger partial charge < -0.3 is 10.0 Å². The molecule has 0 spiro atoms. The number of hydrogen-bond acceptors (Lipinski definition) is 3. The Morgan fingerprint density at radius 2 is 2.38 bits per heavy atom. The van der Waals surface area contributed by atoms with Crippen LogP contribution in [-0.4, -0.2) is 40.1 Å². The maximum Gasteiger partial charge on any atom is 0.272 e. The summed E-state index contributed by atoms with van der Waals surface area (Å²) in [5.41, 5.74) is 0.335. The lowest BCUT2D eigenvalue weighted by Gasteiger charge is -2.29. The number of aliphatic hydroxyl groups excluding tert-OH is 1. The number of pyridine rings is 1. The van der Waals surface area contributed by atoms with Crippen LogP contribution in [0.5, 0.6) is 0 Å². The molecule has 1 amide bonds. The SMILES string of the molecule is O=C(c1cccc(Cl)n1)N1CCC[C@H](O)C1. The lowest BCUT2D eigenvalue weighted by atomic mass is 10.1. The molecule has 86 valence electrons. The zero-order valence-electron chi connectivity index (χ0n) is 8.77. The summed E-state index contributed by atoms with van der Waals surface area (Å²) in [6, 6.07) is 4.96. The minimum absolute atomic E-state index is 0.166. The fraction of sp³-hybridized carbons (Fsp3) is 0.455. The van der Waals surface area contributed by atoms with Crippen molar-refractivity contribution in [2.75, 3.05) is 13.1 Å². The second-order valence-electron chi connectivity index (χ2n) is 3.89. The predicted octanol–water partition coefficient (Wildman–Crippen LogP) is 1.33. The summed E-state index contributed by atoms with van der Waals surface area (Å²) < 4.78 is 0. The van der Waals surface area contributed by atoms with Crippen LogP contribution in [0.4, 0.5) is 0 Å². The van der Waals surface area contributed by atoms with E-state index in [1.54, 1.807) is 23.1 Å². The molecule has 0 bridgehead atoms. The van der Waals surface area contributed by atoms with Gasteiger partial charge in [-0.05, 0) is 25.0 Å². The summed E-state index contributed by atoms with van der Waals surface area (Å²) in [4.78, 5) is 17.6. The molecular formula is C11H13ClN2O2. The first-order chi connectivity index (χ1) is 7.66. The number of likely N-dealkylation sites (tertiary alicyclic amines) is 1. The second-order valence-corrected chi connectivity index (χ2v) is 4.28. The Labute approximate surface area is 98.9 Å². The number of carbonyl (C=O) groups excluding carboxylic acids is 1. The van der Waals surface area contributed by atoms with E-state index in [2.05, 4.69) is 4.98 Å². The molecule has 0 radical (unpaired) electrons. The van der Waals surface area contributed by atoms with Crippen molar-refractivity contribution in [3.63, 3.8) is 0 Å². The van der Waals surface area contributed by atoms with Gasteiger partial charge in [0.2, 0.25) is 0 Å². The van der Waals surface area contributed by atoms with Gasteiger partial charge in [-0.25, -0.2) is 4.98 Å². The normalized spacial score (nSPS) is 20.9. The molecule has 1 N–H and O–H groups in total. The first-order valence-corrected chi connectivity index (χ1v) is 5.64. The van der Waals surface area contributed by atoms with E-state index in [4.69, 9.17) is 11.6 Å². The molecule has 0 aliphatic carbocycles. The van der Waals surface area contributed by atoms with Crippen molar-refractivity contribution in [2.24, 2.45) is 0 Å². The lowest BCUT2D eigenvalue weighted by molar-refractivity contribution is 0.0469. The Balaban J connectivity index is 2.12. The standard InChI is InChI=1S/C11H13ClN2O2/c12-10-5-1-4-9(13-10)11(16)14-6-2-3-8(15)7-14/h1,4-5,8,15H,2-3,6-7H2/t8-/m0/s1. The first-order valence-electron chi connectivity index (χ1n) is 5.27. The molecule has 2 rings (SSSR count). The number of aliphatic hydroxyl groups is 1. The van der Waals surface area contributed by atoms with E-state index >= 15 is 0 Å². The topological polar surface area (TPSA) is 53.4 Å². The Kier molecular flexibility index (Phi) is 3.41. The molecule has 5 heteroatoms. The molecule has 1 saturated heterocycles. The van der Waals surface area contributed by atoms with Crippen molar-refractivity contribution >= 4 is 17.5 Å². The molecule has 0 saturated carbocycles. The third-order valence-electron chi connectivity index (χ3n) is 2.62. The molecule has 1 aliphatic rings. The number of rotatable bonds is 1. The Morgan fingerprint density at radius 3 is 3.06 bits per heavy atom. The van der Waals surface area contributed by atoms with Crippen molar-refractivity contribution in [3.8, 4) is 0 Å². The summed E-state index contributed by atoms with van der Waals surface area (Å²) in [5, 5.41) is 9.80. The van der Waals surface area contributed by atoms with Gasteiger partial charge in [0.25, 0.3) is 5.91 Å². The fourth-order valence-electron chi connectivity index (χ4n) is 1.83. The van der Waals surface area contributed by atoms with Crippen LogP contribution < -0.4 is 0 Å². The number of hydrogen-bond donors (Lipinski definition) is 1. The van der Waals surface area contributed by atoms with Gasteiger partial charge >= 0.3 is 0 Å². The molecule has 1 atom stereocenters. The van der Waals surface area contributed by atoms with Crippen LogP contribution in [0.25, 0.3) is 0 Å². The van der Waals surface area contributed by atoms with Gasteiger partial charge in [0, 0.05) is 13.1 Å². The number of piperidine rings is 1. The van der Waals surface area contributed by atoms with Crippen LogP contribution in [0.15, 0.2) is 18.2 Å². The monoisotopic (exact) mass is 240 g/mol. The van der Waals surface area contributed by atoms with Crippen molar-refractivity contribution in [1.29, 1.82) is 0 Å². The van der Waals surface area contributed by atoms with Gasteiger partial charge in [0.05, 0.1) is 6.10 Å². The molecule has 0 unspecified atom stereocenters. The van der Waals surface area contributed by atoms with E-state index in [1.807, 2.05) is 0 Å². The van der Waals surface area contributed by atoms with E-state index in [9.17, 15) is 9.90 Å². The van der Waals surface area contributed by atoms with Crippen molar-refractivity contribution in [2.45, 2.75) is 18.9 Å². The summed E-state index contributed by atoms with van der Waals surface area (Å²) >= 11 is 5.73. The summed E-state index contributed by atoms with van der Waals surface area (Å²) in [6.45, 7) is 1.05. The molecule has 1 aromatic heterocycles. The number of carbonyl (C=O) groups is 1. The van der Waals surface area contributed by atoms with Gasteiger partial charge in [-0.1, -0.05) is 17.7 Å². The molecule has 0 aromatic carbocycles. The lowest BCUT2D eigenvalue weighted by Crippen LogP contribution is -2.42. The van der Waals surface area contributed by atoms with Gasteiger partial charge in [-0.3, -0.25) is 4.79 Å².